The van der Waals surface area contributed by atoms with Crippen molar-refractivity contribution in [1.82, 2.24) is 14.9 Å². The van der Waals surface area contributed by atoms with E-state index in [1.54, 1.807) is 7.11 Å². The number of aryl methyl sites for hydroxylation is 3. The van der Waals surface area contributed by atoms with Crippen LogP contribution in [0.4, 0.5) is 5.82 Å². The van der Waals surface area contributed by atoms with Gasteiger partial charge in [0.25, 0.3) is 0 Å². The maximum atomic E-state index is 10.6. The minimum Gasteiger partial charge on any atom is -0.391 e. The van der Waals surface area contributed by atoms with Crippen molar-refractivity contribution in [1.29, 1.82) is 0 Å². The van der Waals surface area contributed by atoms with Gasteiger partial charge < -0.3 is 14.7 Å². The molecule has 0 saturated carbocycles. The van der Waals surface area contributed by atoms with Gasteiger partial charge >= 0.3 is 0 Å². The number of rotatable bonds is 9. The summed E-state index contributed by atoms with van der Waals surface area (Å²) in [5, 5.41) is 10.6. The first-order valence-electron chi connectivity index (χ1n) is 12.5. The lowest BCUT2D eigenvalue weighted by Crippen LogP contribution is -2.49. The van der Waals surface area contributed by atoms with E-state index < -0.39 is 0 Å². The highest BCUT2D eigenvalue weighted by atomic mass is 16.5. The van der Waals surface area contributed by atoms with E-state index in [0.29, 0.717) is 19.6 Å². The number of aliphatic hydroxyl groups excluding tert-OH is 1. The Morgan fingerprint density at radius 3 is 2.43 bits per heavy atom. The normalized spacial score (nSPS) is 15.4. The van der Waals surface area contributed by atoms with Crippen LogP contribution in [0.25, 0.3) is 0 Å². The molecule has 1 aliphatic heterocycles. The second kappa shape index (κ2) is 11.8. The molecule has 0 bridgehead atoms. The lowest BCUT2D eigenvalue weighted by molar-refractivity contribution is 0.109. The Morgan fingerprint density at radius 1 is 0.971 bits per heavy atom. The van der Waals surface area contributed by atoms with Crippen LogP contribution < -0.4 is 4.90 Å². The van der Waals surface area contributed by atoms with Crippen LogP contribution in [-0.4, -0.2) is 65.9 Å². The maximum Gasteiger partial charge on any atom is 0.136 e. The second-order valence-corrected chi connectivity index (χ2v) is 9.69. The largest absolute Gasteiger partial charge is 0.391 e. The van der Waals surface area contributed by atoms with Crippen molar-refractivity contribution in [2.45, 2.75) is 46.3 Å². The molecule has 0 amide bonds. The monoisotopic (exact) mass is 474 g/mol. The zero-order valence-corrected chi connectivity index (χ0v) is 21.5. The van der Waals surface area contributed by atoms with Gasteiger partial charge in [-0.15, -0.1) is 0 Å². The molecule has 2 aromatic carbocycles. The second-order valence-electron chi connectivity index (χ2n) is 9.69. The van der Waals surface area contributed by atoms with Crippen LogP contribution in [0.1, 0.15) is 39.3 Å². The van der Waals surface area contributed by atoms with Gasteiger partial charge in [0.15, 0.2) is 0 Å². The number of β-amino-alcohol motifs (C(OH)–C–C–N with tert-alkyl or cyclic N) is 1. The van der Waals surface area contributed by atoms with Gasteiger partial charge in [0.05, 0.1) is 18.4 Å². The number of hydrogen-bond acceptors (Lipinski definition) is 6. The summed E-state index contributed by atoms with van der Waals surface area (Å²) in [6, 6.07) is 16.8. The van der Waals surface area contributed by atoms with E-state index in [1.165, 1.54) is 22.3 Å². The summed E-state index contributed by atoms with van der Waals surface area (Å²) in [5.41, 5.74) is 7.15. The van der Waals surface area contributed by atoms with E-state index in [1.807, 2.05) is 25.1 Å². The van der Waals surface area contributed by atoms with E-state index in [0.717, 1.165) is 55.5 Å². The molecule has 1 saturated heterocycles. The van der Waals surface area contributed by atoms with Crippen molar-refractivity contribution in [3.05, 3.63) is 87.9 Å². The molecule has 3 aromatic rings. The molecule has 2 heterocycles. The van der Waals surface area contributed by atoms with Crippen molar-refractivity contribution in [3.63, 3.8) is 0 Å². The predicted octanol–water partition coefficient (Wildman–Crippen LogP) is 3.86. The van der Waals surface area contributed by atoms with Gasteiger partial charge in [-0.1, -0.05) is 54.1 Å². The third kappa shape index (κ3) is 6.66. The standard InChI is InChI=1S/C29H38N4O2/c1-21-10-11-22(2)25(16-21)18-27-28(20-35-4)30-23(3)31-29(27)33-14-12-32(13-15-33)19-26(34)17-24-8-6-5-7-9-24/h5-11,16,26,34H,12-15,17-20H2,1-4H3. The first-order valence-corrected chi connectivity index (χ1v) is 12.5. The number of hydrogen-bond donors (Lipinski definition) is 1. The van der Waals surface area contributed by atoms with E-state index in [2.05, 4.69) is 54.0 Å². The minimum absolute atomic E-state index is 0.363. The first kappa shape index (κ1) is 25.3. The van der Waals surface area contributed by atoms with Gasteiger partial charge in [0, 0.05) is 51.8 Å². The molecule has 186 valence electrons. The molecule has 0 spiro atoms. The van der Waals surface area contributed by atoms with Gasteiger partial charge in [0.2, 0.25) is 0 Å². The van der Waals surface area contributed by atoms with Crippen LogP contribution in [0.5, 0.6) is 0 Å². The van der Waals surface area contributed by atoms with Crippen LogP contribution in [0, 0.1) is 20.8 Å². The van der Waals surface area contributed by atoms with Crippen molar-refractivity contribution < 1.29 is 9.84 Å². The summed E-state index contributed by atoms with van der Waals surface area (Å²) in [7, 11) is 1.72. The zero-order chi connectivity index (χ0) is 24.8. The topological polar surface area (TPSA) is 61.7 Å². The van der Waals surface area contributed by atoms with Gasteiger partial charge in [-0.2, -0.15) is 0 Å². The van der Waals surface area contributed by atoms with Crippen molar-refractivity contribution >= 4 is 5.82 Å². The van der Waals surface area contributed by atoms with E-state index >= 15 is 0 Å². The Kier molecular flexibility index (Phi) is 8.50. The molecule has 1 aromatic heterocycles. The fraction of sp³-hybridized carbons (Fsp3) is 0.448. The third-order valence-electron chi connectivity index (χ3n) is 6.79. The molecule has 1 fully saturated rings. The zero-order valence-electron chi connectivity index (χ0n) is 21.5. The van der Waals surface area contributed by atoms with E-state index in [4.69, 9.17) is 14.7 Å². The lowest BCUT2D eigenvalue weighted by atomic mass is 9.97. The van der Waals surface area contributed by atoms with E-state index in [-0.39, 0.29) is 6.10 Å². The Balaban J connectivity index is 1.49. The highest BCUT2D eigenvalue weighted by Crippen LogP contribution is 2.27. The SMILES string of the molecule is COCc1nc(C)nc(N2CCN(CC(O)Cc3ccccc3)CC2)c1Cc1cc(C)ccc1C. The fourth-order valence-corrected chi connectivity index (χ4v) is 4.91. The Hall–Kier alpha value is -2.80. The van der Waals surface area contributed by atoms with Crippen LogP contribution in [0.2, 0.25) is 0 Å². The molecule has 35 heavy (non-hydrogen) atoms. The number of anilines is 1. The summed E-state index contributed by atoms with van der Waals surface area (Å²) >= 11 is 0. The summed E-state index contributed by atoms with van der Waals surface area (Å²) in [6.45, 7) is 11.0. The number of methoxy groups -OCH3 is 1. The summed E-state index contributed by atoms with van der Waals surface area (Å²) < 4.78 is 5.52. The molecule has 6 nitrogen and oxygen atoms in total. The lowest BCUT2D eigenvalue weighted by Gasteiger charge is -2.37. The minimum atomic E-state index is -0.363. The van der Waals surface area contributed by atoms with Crippen LogP contribution >= 0.6 is 0 Å². The Morgan fingerprint density at radius 2 is 1.71 bits per heavy atom. The van der Waals surface area contributed by atoms with Crippen molar-refractivity contribution in [2.75, 3.05) is 44.7 Å². The average Bonchev–Trinajstić information content (AvgIpc) is 2.84. The van der Waals surface area contributed by atoms with Gasteiger partial charge in [-0.05, 0) is 43.9 Å². The molecule has 0 aliphatic carbocycles. The molecule has 1 aliphatic rings. The maximum absolute atomic E-state index is 10.6. The number of aromatic nitrogens is 2. The summed E-state index contributed by atoms with van der Waals surface area (Å²) in [6.07, 6.45) is 1.11. The highest BCUT2D eigenvalue weighted by molar-refractivity contribution is 5.53. The molecule has 1 N–H and O–H groups in total. The van der Waals surface area contributed by atoms with Gasteiger partial charge in [-0.3, -0.25) is 4.90 Å². The van der Waals surface area contributed by atoms with Crippen molar-refractivity contribution in [2.24, 2.45) is 0 Å². The Labute approximate surface area is 209 Å². The molecule has 1 atom stereocenters. The number of nitrogens with zero attached hydrogens (tertiary/aromatic N) is 4. The third-order valence-corrected chi connectivity index (χ3v) is 6.79. The van der Waals surface area contributed by atoms with Crippen LogP contribution in [-0.2, 0) is 24.2 Å². The molecule has 0 radical (unpaired) electrons. The quantitative estimate of drug-likeness (QED) is 0.508. The summed E-state index contributed by atoms with van der Waals surface area (Å²) in [5.74, 6) is 1.80. The van der Waals surface area contributed by atoms with Crippen LogP contribution in [0.15, 0.2) is 48.5 Å². The number of aliphatic hydroxyl groups is 1. The average molecular weight is 475 g/mol. The fourth-order valence-electron chi connectivity index (χ4n) is 4.91. The number of piperazine rings is 1. The van der Waals surface area contributed by atoms with Gasteiger partial charge in [0.1, 0.15) is 11.6 Å². The molecule has 1 unspecified atom stereocenters. The molecular formula is C29H38N4O2. The molecule has 6 heteroatoms. The first-order chi connectivity index (χ1) is 16.9. The molecule has 4 rings (SSSR count). The van der Waals surface area contributed by atoms with Gasteiger partial charge in [-0.25, -0.2) is 9.97 Å². The number of ether oxygens (including phenoxy) is 1. The van der Waals surface area contributed by atoms with Crippen molar-refractivity contribution in [3.8, 4) is 0 Å². The van der Waals surface area contributed by atoms with Crippen LogP contribution in [0.3, 0.4) is 0 Å². The summed E-state index contributed by atoms with van der Waals surface area (Å²) in [4.78, 5) is 14.4. The molecular weight excluding hydrogens is 436 g/mol. The number of benzene rings is 2. The highest BCUT2D eigenvalue weighted by Gasteiger charge is 2.24. The Bertz CT molecular complexity index is 1110. The predicted molar refractivity (Wildman–Crippen MR) is 141 cm³/mol. The smallest absolute Gasteiger partial charge is 0.136 e. The van der Waals surface area contributed by atoms with E-state index in [9.17, 15) is 5.11 Å².